The third-order valence-electron chi connectivity index (χ3n) is 20.4. The van der Waals surface area contributed by atoms with Crippen LogP contribution in [0.15, 0.2) is 283 Å². The van der Waals surface area contributed by atoms with Gasteiger partial charge in [-0.3, -0.25) is 0 Å². The zero-order valence-electron chi connectivity index (χ0n) is 61.7. The number of benzene rings is 9. The lowest BCUT2D eigenvalue weighted by atomic mass is 9.93. The van der Waals surface area contributed by atoms with Gasteiger partial charge >= 0.3 is 0 Å². The molecule has 15 rings (SSSR count). The normalized spacial score (nSPS) is 30.3. The Balaban J connectivity index is 0.792. The maximum atomic E-state index is 11.1. The molecule has 0 amide bonds. The molecule has 0 saturated carbocycles. The van der Waals surface area contributed by atoms with Gasteiger partial charge in [0, 0.05) is 28.1 Å². The Kier molecular flexibility index (Phi) is 27.5. The number of fused-ring (bicyclic) bond motifs is 2. The summed E-state index contributed by atoms with van der Waals surface area (Å²) in [6.45, 7) is 0.401. The van der Waals surface area contributed by atoms with Gasteiger partial charge in [0.05, 0.1) is 59.5 Å². The van der Waals surface area contributed by atoms with Crippen molar-refractivity contribution in [3.05, 3.63) is 338 Å². The standard InChI is InChI=1S/C87H90N6O19/c1-94-86-80(100-51-61-37-19-6-20-38-61)78(98-49-59-33-15-4-16-34-59)73(97-48-58-31-13-3-14-32-58)67(107-86)54-104-84-70(90-92-88)76(74-68(105-84)55-102-82(109-74)63-41-23-8-24-42-63)111-85-71(91-93-89)77(75-69(106-85)56-103-83(110-75)64-43-25-9-26-44-64)112-87-81(101-52-62-39-21-7-22-40-62)79(99-50-60-35-17-5-18-36-60)72(96-47-57-29-11-2-12-30-57)66(108-87)53-95-65-45-27-10-28-46-65/h2-46,66-87H,47-56H2,1H3/t66-,67-,68-,69-,70-,71-,72+,73-,74+,75+,76-,77-,78+,79+,80-,81-,82+,83+,84-,85-,86+,87-/m1/s1. The van der Waals surface area contributed by atoms with Crippen molar-refractivity contribution in [1.82, 2.24) is 0 Å². The largest absolute Gasteiger partial charge is 0.491 e. The average molecular weight is 1520 g/mol. The first-order valence-corrected chi connectivity index (χ1v) is 37.8. The fraction of sp³-hybridized carbons (Fsp3) is 0.379. The first-order chi connectivity index (χ1) is 55.4. The van der Waals surface area contributed by atoms with E-state index in [0.717, 1.165) is 33.4 Å². The quantitative estimate of drug-likeness (QED) is 0.0210. The van der Waals surface area contributed by atoms with Crippen LogP contribution in [0.2, 0.25) is 0 Å². The van der Waals surface area contributed by atoms with Crippen molar-refractivity contribution in [3.8, 4) is 5.75 Å². The van der Waals surface area contributed by atoms with Crippen molar-refractivity contribution < 1.29 is 90.0 Å². The first kappa shape index (κ1) is 78.0. The molecule has 582 valence electrons. The summed E-state index contributed by atoms with van der Waals surface area (Å²) in [4.78, 5) is 6.95. The van der Waals surface area contributed by atoms with Crippen molar-refractivity contribution in [2.24, 2.45) is 10.2 Å². The summed E-state index contributed by atoms with van der Waals surface area (Å²) in [6.07, 6.45) is -21.7. The van der Waals surface area contributed by atoms with Gasteiger partial charge in [0.2, 0.25) is 0 Å². The van der Waals surface area contributed by atoms with E-state index in [1.54, 1.807) is 0 Å². The van der Waals surface area contributed by atoms with E-state index in [0.29, 0.717) is 16.9 Å². The predicted molar refractivity (Wildman–Crippen MR) is 405 cm³/mol. The number of rotatable bonds is 33. The van der Waals surface area contributed by atoms with Gasteiger partial charge in [-0.05, 0) is 56.6 Å². The minimum absolute atomic E-state index is 0.0523. The molecule has 0 spiro atoms. The van der Waals surface area contributed by atoms with Gasteiger partial charge in [-0.2, -0.15) is 0 Å². The van der Waals surface area contributed by atoms with Gasteiger partial charge in [-0.1, -0.05) is 271 Å². The summed E-state index contributed by atoms with van der Waals surface area (Å²) >= 11 is 0. The summed E-state index contributed by atoms with van der Waals surface area (Å²) in [5.41, 5.74) is 28.7. The van der Waals surface area contributed by atoms with Crippen LogP contribution in [0.5, 0.6) is 5.75 Å². The molecule has 25 nitrogen and oxygen atoms in total. The summed E-state index contributed by atoms with van der Waals surface area (Å²) in [6, 6.07) is 84.0. The molecule has 22 atom stereocenters. The molecule has 0 N–H and O–H groups in total. The molecule has 6 saturated heterocycles. The zero-order valence-corrected chi connectivity index (χ0v) is 61.7. The minimum Gasteiger partial charge on any atom is -0.491 e. The fourth-order valence-electron chi connectivity index (χ4n) is 14.9. The van der Waals surface area contributed by atoms with Gasteiger partial charge in [-0.25, -0.2) is 0 Å². The molecule has 0 aliphatic carbocycles. The number of nitrogens with zero attached hydrogens (tertiary/aromatic N) is 6. The van der Waals surface area contributed by atoms with E-state index in [1.165, 1.54) is 7.11 Å². The molecule has 9 aromatic rings. The molecule has 0 aromatic heterocycles. The van der Waals surface area contributed by atoms with Gasteiger partial charge in [-0.15, -0.1) is 0 Å². The molecule has 0 bridgehead atoms. The molecule has 0 radical (unpaired) electrons. The van der Waals surface area contributed by atoms with E-state index in [1.807, 2.05) is 273 Å². The van der Waals surface area contributed by atoms with Gasteiger partial charge in [0.1, 0.15) is 110 Å². The smallest absolute Gasteiger partial charge is 0.187 e. The fourth-order valence-corrected chi connectivity index (χ4v) is 14.9. The third-order valence-corrected chi connectivity index (χ3v) is 20.4. The SMILES string of the molecule is CO[C@H]1O[C@H](CO[C@@H]2O[C@@H]3CO[C@H](c4ccccc4)O[C@@H]3[C@H](O[C@H]3O[C@@H]4CO[C@H](c5ccccc5)O[C@@H]4[C@H](O[C@H]4O[C@H](COc5ccccc5)[C@H](OCc5ccccc5)[C@H](OCc5ccccc5)[C@H]4OCc4ccccc4)[C@H]3N=[N+]=[N-])[C@H]2N=[N+]=[N-])[C@@H](OCc2ccccc2)[C@H](OCc2ccccc2)[C@H]1OCc1ccccc1. The maximum Gasteiger partial charge on any atom is 0.187 e. The van der Waals surface area contributed by atoms with Crippen molar-refractivity contribution in [2.45, 2.75) is 175 Å². The Labute approximate surface area is 649 Å². The second-order valence-corrected chi connectivity index (χ2v) is 27.9. The summed E-state index contributed by atoms with van der Waals surface area (Å²) in [5, 5.41) is 9.02. The Morgan fingerprint density at radius 1 is 0.321 bits per heavy atom. The van der Waals surface area contributed by atoms with Crippen molar-refractivity contribution in [1.29, 1.82) is 0 Å². The Morgan fingerprint density at radius 2 is 0.643 bits per heavy atom. The second-order valence-electron chi connectivity index (χ2n) is 27.9. The third kappa shape index (κ3) is 19.8. The average Bonchev–Trinajstić information content (AvgIpc) is 1.15. The molecule has 6 aliphatic heterocycles. The topological polar surface area (TPSA) is 273 Å². The Bertz CT molecular complexity index is 4380. The van der Waals surface area contributed by atoms with Gasteiger partial charge < -0.3 is 90.0 Å². The van der Waals surface area contributed by atoms with E-state index in [-0.39, 0.29) is 66.1 Å². The van der Waals surface area contributed by atoms with E-state index < -0.39 is 135 Å². The Morgan fingerprint density at radius 3 is 1.04 bits per heavy atom. The molecule has 6 heterocycles. The molecule has 6 aliphatic rings. The number of hydrogen-bond donors (Lipinski definition) is 0. The van der Waals surface area contributed by atoms with Crippen LogP contribution in [-0.2, 0) is 125 Å². The minimum atomic E-state index is -1.59. The first-order valence-electron chi connectivity index (χ1n) is 37.8. The van der Waals surface area contributed by atoms with Crippen LogP contribution >= 0.6 is 0 Å². The number of para-hydroxylation sites is 1. The molecule has 25 heteroatoms. The molecular weight excluding hydrogens is 1430 g/mol. The molecule has 0 unspecified atom stereocenters. The Hall–Kier alpha value is -9.32. The van der Waals surface area contributed by atoms with Crippen LogP contribution in [0.1, 0.15) is 57.1 Å². The number of hydrogen-bond acceptors (Lipinski definition) is 21. The van der Waals surface area contributed by atoms with E-state index in [9.17, 15) is 11.1 Å². The lowest BCUT2D eigenvalue weighted by molar-refractivity contribution is -0.398. The van der Waals surface area contributed by atoms with Gasteiger partial charge in [0.15, 0.2) is 37.7 Å². The summed E-state index contributed by atoms with van der Waals surface area (Å²) in [5.74, 6) is 0.578. The van der Waals surface area contributed by atoms with Crippen LogP contribution < -0.4 is 4.74 Å². The molecule has 112 heavy (non-hydrogen) atoms. The van der Waals surface area contributed by atoms with Crippen LogP contribution in [-0.4, -0.2) is 156 Å². The van der Waals surface area contributed by atoms with E-state index >= 15 is 0 Å². The lowest BCUT2D eigenvalue weighted by Gasteiger charge is -2.53. The highest BCUT2D eigenvalue weighted by Crippen LogP contribution is 2.44. The molecule has 9 aromatic carbocycles. The van der Waals surface area contributed by atoms with Crippen LogP contribution in [0.25, 0.3) is 20.9 Å². The zero-order chi connectivity index (χ0) is 76.1. The van der Waals surface area contributed by atoms with Crippen molar-refractivity contribution in [3.63, 3.8) is 0 Å². The highest BCUT2D eigenvalue weighted by atomic mass is 16.8. The maximum absolute atomic E-state index is 11.1. The number of azide groups is 2. The highest BCUT2D eigenvalue weighted by Gasteiger charge is 2.59. The number of methoxy groups -OCH3 is 1. The van der Waals surface area contributed by atoms with Crippen LogP contribution in [0.4, 0.5) is 0 Å². The monoisotopic (exact) mass is 1520 g/mol. The molecule has 6 fully saturated rings. The van der Waals surface area contributed by atoms with Crippen molar-refractivity contribution in [2.75, 3.05) is 33.5 Å². The number of ether oxygens (including phenoxy) is 19. The summed E-state index contributed by atoms with van der Waals surface area (Å²) in [7, 11) is 1.54. The second kappa shape index (κ2) is 39.4. The van der Waals surface area contributed by atoms with E-state index in [2.05, 4.69) is 20.1 Å². The van der Waals surface area contributed by atoms with E-state index in [4.69, 9.17) is 90.0 Å². The molecular formula is C87H90N6O19. The summed E-state index contributed by atoms with van der Waals surface area (Å²) < 4.78 is 132. The predicted octanol–water partition coefficient (Wildman–Crippen LogP) is 14.5. The van der Waals surface area contributed by atoms with Crippen molar-refractivity contribution >= 4 is 0 Å². The van der Waals surface area contributed by atoms with Crippen LogP contribution in [0, 0.1) is 0 Å². The highest BCUT2D eigenvalue weighted by molar-refractivity contribution is 5.24. The van der Waals surface area contributed by atoms with Crippen LogP contribution in [0.3, 0.4) is 0 Å². The lowest BCUT2D eigenvalue weighted by Crippen LogP contribution is -2.68. The van der Waals surface area contributed by atoms with Gasteiger partial charge in [0.25, 0.3) is 0 Å².